The zero-order valence-corrected chi connectivity index (χ0v) is 20.7. The van der Waals surface area contributed by atoms with E-state index in [0.29, 0.717) is 0 Å². The highest BCUT2D eigenvalue weighted by Crippen LogP contribution is 2.41. The van der Waals surface area contributed by atoms with E-state index >= 15 is 0 Å². The van der Waals surface area contributed by atoms with Gasteiger partial charge in [-0.2, -0.15) is 0 Å². The highest BCUT2D eigenvalue weighted by molar-refractivity contribution is 5.47. The van der Waals surface area contributed by atoms with E-state index in [0.717, 1.165) is 16.7 Å². The van der Waals surface area contributed by atoms with Crippen LogP contribution < -0.4 is 0 Å². The van der Waals surface area contributed by atoms with Gasteiger partial charge in [0.1, 0.15) is 30.0 Å². The fraction of sp³-hybridized carbons (Fsp3) is 0.379. The number of hydrogen-bond donors (Lipinski definition) is 0. The van der Waals surface area contributed by atoms with Crippen LogP contribution in [-0.2, 0) is 34.0 Å². The molecule has 35 heavy (non-hydrogen) atoms. The molecule has 0 aromatic heterocycles. The number of methoxy groups -OCH3 is 4. The van der Waals surface area contributed by atoms with Gasteiger partial charge < -0.3 is 28.4 Å². The van der Waals surface area contributed by atoms with Crippen molar-refractivity contribution in [2.75, 3.05) is 35.0 Å². The fourth-order valence-corrected chi connectivity index (χ4v) is 4.98. The molecule has 6 nitrogen and oxygen atoms in total. The molecule has 3 aromatic carbocycles. The summed E-state index contributed by atoms with van der Waals surface area (Å²) in [5, 5.41) is 0. The Labute approximate surface area is 207 Å². The van der Waals surface area contributed by atoms with Gasteiger partial charge in [0.25, 0.3) is 0 Å². The molecule has 1 fully saturated rings. The van der Waals surface area contributed by atoms with Crippen molar-refractivity contribution in [2.24, 2.45) is 0 Å². The average molecular weight is 479 g/mol. The van der Waals surface area contributed by atoms with Crippen LogP contribution >= 0.6 is 0 Å². The van der Waals surface area contributed by atoms with Gasteiger partial charge in [0.2, 0.25) is 0 Å². The van der Waals surface area contributed by atoms with Crippen LogP contribution in [-0.4, -0.2) is 65.8 Å². The SMILES string of the molecule is CO[C@H]1O[C@H](COC(c2ccccc2)(c2ccccc2)c2ccccc2)[C@@H](OC)[C@@H](OC)[C@H]1OC. The first-order valence-corrected chi connectivity index (χ1v) is 11.8. The van der Waals surface area contributed by atoms with Crippen LogP contribution in [0.15, 0.2) is 91.0 Å². The van der Waals surface area contributed by atoms with Crippen molar-refractivity contribution in [3.8, 4) is 0 Å². The van der Waals surface area contributed by atoms with E-state index in [9.17, 15) is 0 Å². The summed E-state index contributed by atoms with van der Waals surface area (Å²) >= 11 is 0. The lowest BCUT2D eigenvalue weighted by atomic mass is 9.80. The summed E-state index contributed by atoms with van der Waals surface area (Å²) in [5.74, 6) is 0. The number of ether oxygens (including phenoxy) is 6. The van der Waals surface area contributed by atoms with Crippen LogP contribution in [0.4, 0.5) is 0 Å². The Morgan fingerprint density at radius 1 is 0.571 bits per heavy atom. The molecule has 0 aliphatic carbocycles. The van der Waals surface area contributed by atoms with E-state index in [-0.39, 0.29) is 6.61 Å². The third-order valence-electron chi connectivity index (χ3n) is 6.65. The molecule has 1 heterocycles. The molecular weight excluding hydrogens is 444 g/mol. The highest BCUT2D eigenvalue weighted by Gasteiger charge is 2.48. The summed E-state index contributed by atoms with van der Waals surface area (Å²) in [5.41, 5.74) is 2.19. The van der Waals surface area contributed by atoms with Crippen molar-refractivity contribution in [1.82, 2.24) is 0 Å². The van der Waals surface area contributed by atoms with Crippen LogP contribution in [0.5, 0.6) is 0 Å². The standard InChI is InChI=1S/C29H34O6/c1-30-25-24(35-28(33-4)27(32-3)26(25)31-2)20-34-29(21-14-8-5-9-15-21,22-16-10-6-11-17-22)23-18-12-7-13-19-23/h5-19,24-28H,20H2,1-4H3/t24-,25-,26-,27-,28+/m1/s1. The predicted molar refractivity (Wildman–Crippen MR) is 133 cm³/mol. The van der Waals surface area contributed by atoms with Gasteiger partial charge in [-0.15, -0.1) is 0 Å². The van der Waals surface area contributed by atoms with E-state index in [1.54, 1.807) is 28.4 Å². The molecule has 3 aromatic rings. The van der Waals surface area contributed by atoms with Crippen molar-refractivity contribution in [2.45, 2.75) is 36.3 Å². The maximum absolute atomic E-state index is 6.96. The molecule has 4 rings (SSSR count). The third kappa shape index (κ3) is 5.05. The van der Waals surface area contributed by atoms with E-state index < -0.39 is 36.3 Å². The molecule has 1 saturated heterocycles. The van der Waals surface area contributed by atoms with Gasteiger partial charge in [-0.1, -0.05) is 91.0 Å². The van der Waals surface area contributed by atoms with Crippen LogP contribution in [0.2, 0.25) is 0 Å². The van der Waals surface area contributed by atoms with Crippen molar-refractivity contribution < 1.29 is 28.4 Å². The molecule has 0 saturated carbocycles. The first-order valence-electron chi connectivity index (χ1n) is 11.8. The molecule has 1 aliphatic heterocycles. The zero-order valence-electron chi connectivity index (χ0n) is 20.7. The van der Waals surface area contributed by atoms with Crippen LogP contribution in [0.1, 0.15) is 16.7 Å². The van der Waals surface area contributed by atoms with Crippen LogP contribution in [0.25, 0.3) is 0 Å². The minimum absolute atomic E-state index is 0.230. The largest absolute Gasteiger partial charge is 0.376 e. The van der Waals surface area contributed by atoms with Gasteiger partial charge in [0.15, 0.2) is 6.29 Å². The van der Waals surface area contributed by atoms with Gasteiger partial charge in [-0.25, -0.2) is 0 Å². The van der Waals surface area contributed by atoms with Crippen molar-refractivity contribution in [1.29, 1.82) is 0 Å². The predicted octanol–water partition coefficient (Wildman–Crippen LogP) is 4.41. The summed E-state index contributed by atoms with van der Waals surface area (Å²) in [7, 11) is 6.49. The second-order valence-electron chi connectivity index (χ2n) is 8.47. The Morgan fingerprint density at radius 2 is 1.00 bits per heavy atom. The lowest BCUT2D eigenvalue weighted by molar-refractivity contribution is -0.310. The molecule has 0 unspecified atom stereocenters. The second kappa shape index (κ2) is 11.9. The quantitative estimate of drug-likeness (QED) is 0.403. The normalized spacial score (nSPS) is 24.9. The monoisotopic (exact) mass is 478 g/mol. The van der Waals surface area contributed by atoms with Gasteiger partial charge >= 0.3 is 0 Å². The molecule has 0 N–H and O–H groups in total. The topological polar surface area (TPSA) is 55.4 Å². The second-order valence-corrected chi connectivity index (χ2v) is 8.47. The lowest BCUT2D eigenvalue weighted by Gasteiger charge is -2.45. The van der Waals surface area contributed by atoms with E-state index in [1.165, 1.54) is 0 Å². The van der Waals surface area contributed by atoms with E-state index in [1.807, 2.05) is 54.6 Å². The first kappa shape index (κ1) is 25.5. The smallest absolute Gasteiger partial charge is 0.186 e. The Hall–Kier alpha value is -2.58. The van der Waals surface area contributed by atoms with Gasteiger partial charge in [-0.05, 0) is 16.7 Å². The molecule has 6 heteroatoms. The molecule has 0 amide bonds. The molecule has 0 spiro atoms. The maximum atomic E-state index is 6.96. The average Bonchev–Trinajstić information content (AvgIpc) is 2.94. The summed E-state index contributed by atoms with van der Waals surface area (Å²) in [4.78, 5) is 0. The van der Waals surface area contributed by atoms with Gasteiger partial charge in [0.05, 0.1) is 6.61 Å². The minimum atomic E-state index is -0.866. The molecule has 186 valence electrons. The van der Waals surface area contributed by atoms with Gasteiger partial charge in [-0.3, -0.25) is 0 Å². The number of hydrogen-bond acceptors (Lipinski definition) is 6. The summed E-state index contributed by atoms with van der Waals surface area (Å²) in [6, 6.07) is 30.7. The molecular formula is C29H34O6. The Kier molecular flexibility index (Phi) is 8.68. The molecule has 5 atom stereocenters. The third-order valence-corrected chi connectivity index (χ3v) is 6.65. The van der Waals surface area contributed by atoms with E-state index in [2.05, 4.69) is 36.4 Å². The van der Waals surface area contributed by atoms with Crippen molar-refractivity contribution in [3.63, 3.8) is 0 Å². The Bertz CT molecular complexity index is 916. The minimum Gasteiger partial charge on any atom is -0.376 e. The number of benzene rings is 3. The fourth-order valence-electron chi connectivity index (χ4n) is 4.98. The molecule has 0 radical (unpaired) electrons. The lowest BCUT2D eigenvalue weighted by Crippen LogP contribution is -2.61. The number of rotatable bonds is 10. The summed E-state index contributed by atoms with van der Waals surface area (Å²) < 4.78 is 36.1. The first-order chi connectivity index (χ1) is 17.2. The maximum Gasteiger partial charge on any atom is 0.186 e. The van der Waals surface area contributed by atoms with Crippen LogP contribution in [0.3, 0.4) is 0 Å². The molecule has 1 aliphatic rings. The summed E-state index contributed by atoms with van der Waals surface area (Å²) in [6.07, 6.45) is -2.33. The summed E-state index contributed by atoms with van der Waals surface area (Å²) in [6.45, 7) is 0.230. The van der Waals surface area contributed by atoms with Crippen molar-refractivity contribution >= 4 is 0 Å². The zero-order chi connectivity index (χ0) is 24.7. The van der Waals surface area contributed by atoms with Crippen molar-refractivity contribution in [3.05, 3.63) is 108 Å². The highest BCUT2D eigenvalue weighted by atomic mass is 16.7. The molecule has 0 bridgehead atoms. The Morgan fingerprint density at radius 3 is 1.37 bits per heavy atom. The van der Waals surface area contributed by atoms with Crippen LogP contribution in [0, 0.1) is 0 Å². The van der Waals surface area contributed by atoms with Gasteiger partial charge in [0, 0.05) is 28.4 Å². The van der Waals surface area contributed by atoms with E-state index in [4.69, 9.17) is 28.4 Å². The Balaban J connectivity index is 1.77.